The number of hydrogen-bond donors (Lipinski definition) is 1. The number of rotatable bonds is 4. The van der Waals surface area contributed by atoms with Gasteiger partial charge in [0.05, 0.1) is 0 Å². The molecule has 0 aliphatic heterocycles. The molecule has 0 heterocycles. The number of carbonyl (C=O) groups is 1. The third-order valence-electron chi connectivity index (χ3n) is 3.45. The van der Waals surface area contributed by atoms with Gasteiger partial charge >= 0.3 is 0 Å². The Morgan fingerprint density at radius 2 is 1.27 bits per heavy atom. The zero-order valence-corrected chi connectivity index (χ0v) is 13.5. The molecule has 0 unspecified atom stereocenters. The van der Waals surface area contributed by atoms with Gasteiger partial charge in [0.25, 0.3) is 0 Å². The van der Waals surface area contributed by atoms with Crippen LogP contribution in [0.5, 0.6) is 0 Å². The first-order chi connectivity index (χ1) is 10.4. The second kappa shape index (κ2) is 9.00. The van der Waals surface area contributed by atoms with Crippen molar-refractivity contribution in [1.29, 1.82) is 0 Å². The molecule has 2 rings (SSSR count). The van der Waals surface area contributed by atoms with Crippen molar-refractivity contribution >= 4 is 5.97 Å². The molecule has 3 nitrogen and oxygen atoms in total. The van der Waals surface area contributed by atoms with Gasteiger partial charge in [-0.1, -0.05) is 74.5 Å². The number of carboxylic acid groups (broad SMARTS) is 1. The van der Waals surface area contributed by atoms with Crippen LogP contribution in [0.25, 0.3) is 0 Å². The highest BCUT2D eigenvalue weighted by atomic mass is 16.4. The van der Waals surface area contributed by atoms with Gasteiger partial charge in [0.1, 0.15) is 6.04 Å². The second-order valence-corrected chi connectivity index (χ2v) is 5.76. The Balaban J connectivity index is 0.000000235. The Hall–Kier alpha value is -2.13. The quantitative estimate of drug-likeness (QED) is 0.940. The maximum atomic E-state index is 10.8. The van der Waals surface area contributed by atoms with E-state index in [4.69, 9.17) is 0 Å². The van der Waals surface area contributed by atoms with Crippen LogP contribution in [0.15, 0.2) is 60.7 Å². The Bertz CT molecular complexity index is 550. The van der Waals surface area contributed by atoms with Crippen molar-refractivity contribution in [3.63, 3.8) is 0 Å². The molecule has 0 saturated heterocycles. The molecule has 3 heteroatoms. The van der Waals surface area contributed by atoms with Gasteiger partial charge < -0.3 is 15.6 Å². The number of quaternary nitrogens is 1. The van der Waals surface area contributed by atoms with Crippen LogP contribution in [0.1, 0.15) is 43.9 Å². The van der Waals surface area contributed by atoms with Crippen LogP contribution < -0.4 is 10.8 Å². The van der Waals surface area contributed by atoms with Gasteiger partial charge in [0.15, 0.2) is 0 Å². The molecule has 2 aromatic carbocycles. The zero-order valence-electron chi connectivity index (χ0n) is 13.5. The van der Waals surface area contributed by atoms with E-state index in [-0.39, 0.29) is 5.92 Å². The lowest BCUT2D eigenvalue weighted by atomic mass is 9.89. The molecular weight excluding hydrogens is 274 g/mol. The number of benzene rings is 2. The summed E-state index contributed by atoms with van der Waals surface area (Å²) in [4.78, 5) is 10.8. The Morgan fingerprint density at radius 3 is 1.55 bits per heavy atom. The first-order valence-electron chi connectivity index (χ1n) is 7.57. The van der Waals surface area contributed by atoms with E-state index in [9.17, 15) is 9.90 Å². The molecule has 3 N–H and O–H groups in total. The molecule has 2 atom stereocenters. The van der Waals surface area contributed by atoms with Crippen LogP contribution in [-0.4, -0.2) is 5.97 Å². The SMILES string of the molecule is CC(C)[C@H](C(=O)[O-])c1ccccc1.C[C@H]([NH3+])c1ccccc1. The molecule has 0 saturated carbocycles. The van der Waals surface area contributed by atoms with Crippen molar-refractivity contribution < 1.29 is 15.6 Å². The van der Waals surface area contributed by atoms with Crippen molar-refractivity contribution in [3.05, 3.63) is 71.8 Å². The van der Waals surface area contributed by atoms with E-state index >= 15 is 0 Å². The minimum atomic E-state index is -0.999. The average molecular weight is 299 g/mol. The smallest absolute Gasteiger partial charge is 0.107 e. The van der Waals surface area contributed by atoms with Crippen molar-refractivity contribution in [1.82, 2.24) is 0 Å². The summed E-state index contributed by atoms with van der Waals surface area (Å²) in [7, 11) is 0. The summed E-state index contributed by atoms with van der Waals surface area (Å²) in [6.45, 7) is 5.86. The van der Waals surface area contributed by atoms with Gasteiger partial charge in [-0.05, 0) is 18.4 Å². The van der Waals surface area contributed by atoms with Gasteiger partial charge in [-0.15, -0.1) is 0 Å². The minimum Gasteiger partial charge on any atom is -0.549 e. The highest BCUT2D eigenvalue weighted by Gasteiger charge is 2.15. The van der Waals surface area contributed by atoms with E-state index in [1.165, 1.54) is 5.56 Å². The highest BCUT2D eigenvalue weighted by Crippen LogP contribution is 2.23. The molecule has 0 amide bonds. The van der Waals surface area contributed by atoms with Crippen LogP contribution in [0.3, 0.4) is 0 Å². The van der Waals surface area contributed by atoms with Crippen molar-refractivity contribution in [3.8, 4) is 0 Å². The largest absolute Gasteiger partial charge is 0.549 e. The molecule has 0 bridgehead atoms. The average Bonchev–Trinajstić information content (AvgIpc) is 2.49. The molecule has 0 aliphatic carbocycles. The Kier molecular flexibility index (Phi) is 7.33. The Morgan fingerprint density at radius 1 is 0.864 bits per heavy atom. The van der Waals surface area contributed by atoms with Crippen LogP contribution in [0.2, 0.25) is 0 Å². The minimum absolute atomic E-state index is 0.0624. The molecule has 0 aliphatic rings. The maximum absolute atomic E-state index is 10.8. The van der Waals surface area contributed by atoms with Crippen molar-refractivity contribution in [2.45, 2.75) is 32.7 Å². The lowest BCUT2D eigenvalue weighted by Gasteiger charge is -2.22. The molecule has 0 radical (unpaired) electrons. The molecule has 0 spiro atoms. The lowest BCUT2D eigenvalue weighted by molar-refractivity contribution is -0.420. The fourth-order valence-electron chi connectivity index (χ4n) is 2.24. The van der Waals surface area contributed by atoms with Crippen LogP contribution in [0, 0.1) is 5.92 Å². The second-order valence-electron chi connectivity index (χ2n) is 5.76. The standard InChI is InChI=1S/C11H14O2.C8H11N/c1-8(2)10(11(12)13)9-6-4-3-5-7-9;1-7(9)8-5-3-2-4-6-8/h3-8,10H,1-2H3,(H,12,13);2-7H,9H2,1H3/t10-;7-/m00/s1. The molecule has 2 aromatic rings. The topological polar surface area (TPSA) is 67.8 Å². The van der Waals surface area contributed by atoms with Crippen LogP contribution >= 0.6 is 0 Å². The Labute approximate surface area is 132 Å². The molecule has 22 heavy (non-hydrogen) atoms. The van der Waals surface area contributed by atoms with Gasteiger partial charge in [0.2, 0.25) is 0 Å². The molecule has 0 aromatic heterocycles. The van der Waals surface area contributed by atoms with Gasteiger partial charge in [-0.2, -0.15) is 0 Å². The van der Waals surface area contributed by atoms with E-state index in [0.29, 0.717) is 6.04 Å². The third kappa shape index (κ3) is 5.70. The predicted octanol–water partition coefficient (Wildman–Crippen LogP) is 2.17. The zero-order chi connectivity index (χ0) is 16.5. The summed E-state index contributed by atoms with van der Waals surface area (Å²) >= 11 is 0. The van der Waals surface area contributed by atoms with E-state index in [2.05, 4.69) is 24.8 Å². The van der Waals surface area contributed by atoms with Gasteiger partial charge in [-0.25, -0.2) is 0 Å². The fourth-order valence-corrected chi connectivity index (χ4v) is 2.24. The number of carboxylic acids is 1. The summed E-state index contributed by atoms with van der Waals surface area (Å²) in [6.07, 6.45) is 0. The third-order valence-corrected chi connectivity index (χ3v) is 3.45. The lowest BCUT2D eigenvalue weighted by Crippen LogP contribution is -2.51. The number of carbonyl (C=O) groups excluding carboxylic acids is 1. The molecular formula is C19H25NO2. The number of aliphatic carboxylic acids is 1. The van der Waals surface area contributed by atoms with Crippen LogP contribution in [0.4, 0.5) is 0 Å². The summed E-state index contributed by atoms with van der Waals surface area (Å²) in [5, 5.41) is 10.8. The monoisotopic (exact) mass is 299 g/mol. The first-order valence-corrected chi connectivity index (χ1v) is 7.57. The summed E-state index contributed by atoms with van der Waals surface area (Å²) in [5.74, 6) is -1.44. The van der Waals surface area contributed by atoms with Gasteiger partial charge in [0, 0.05) is 17.5 Å². The number of hydrogen-bond acceptors (Lipinski definition) is 2. The van der Waals surface area contributed by atoms with Crippen molar-refractivity contribution in [2.24, 2.45) is 5.92 Å². The first kappa shape index (κ1) is 17.9. The predicted molar refractivity (Wildman–Crippen MR) is 86.8 cm³/mol. The summed E-state index contributed by atoms with van der Waals surface area (Å²) in [6, 6.07) is 19.9. The maximum Gasteiger partial charge on any atom is 0.107 e. The van der Waals surface area contributed by atoms with E-state index in [0.717, 1.165) is 5.56 Å². The van der Waals surface area contributed by atoms with Crippen molar-refractivity contribution in [2.75, 3.05) is 0 Å². The van der Waals surface area contributed by atoms with Crippen LogP contribution in [-0.2, 0) is 4.79 Å². The van der Waals surface area contributed by atoms with Gasteiger partial charge in [-0.3, -0.25) is 0 Å². The fraction of sp³-hybridized carbons (Fsp3) is 0.316. The highest BCUT2D eigenvalue weighted by molar-refractivity contribution is 5.74. The van der Waals surface area contributed by atoms with E-state index < -0.39 is 11.9 Å². The molecule has 0 fully saturated rings. The molecule has 118 valence electrons. The van der Waals surface area contributed by atoms with E-state index in [1.54, 1.807) is 0 Å². The van der Waals surface area contributed by atoms with E-state index in [1.807, 2.05) is 62.4 Å². The normalized spacial score (nSPS) is 13.0. The summed E-state index contributed by atoms with van der Waals surface area (Å²) in [5.41, 5.74) is 6.03. The summed E-state index contributed by atoms with van der Waals surface area (Å²) < 4.78 is 0.